The van der Waals surface area contributed by atoms with Gasteiger partial charge in [0.2, 0.25) is 0 Å². The fraction of sp³-hybridized carbons (Fsp3) is 0.0204. The molecule has 0 aromatic heterocycles. The molecule has 8 aromatic carbocycles. The van der Waals surface area contributed by atoms with Crippen molar-refractivity contribution in [3.8, 4) is 44.5 Å². The summed E-state index contributed by atoms with van der Waals surface area (Å²) in [5.74, 6) is 0. The monoisotopic (exact) mass is 713 g/mol. The average molecular weight is 715 g/mol. The summed E-state index contributed by atoms with van der Waals surface area (Å²) >= 11 is 3.65. The van der Waals surface area contributed by atoms with Crippen molar-refractivity contribution in [3.05, 3.63) is 221 Å². The molecule has 0 fully saturated rings. The SMILES string of the molecule is Brc1cccc(-c2ccc(N(c3ccc(-c4ccccc4)cc3)c3ccc4c(c3)C3(c5ccccc5-c5ccccc53)c3ccccc3-4)cc2)c1. The normalized spacial score (nSPS) is 13.0. The Kier molecular flexibility index (Phi) is 6.94. The van der Waals surface area contributed by atoms with Gasteiger partial charge in [-0.25, -0.2) is 0 Å². The molecule has 240 valence electrons. The molecule has 0 unspecified atom stereocenters. The summed E-state index contributed by atoms with van der Waals surface area (Å²) in [6, 6.07) is 71.2. The third kappa shape index (κ3) is 4.60. The third-order valence-corrected chi connectivity index (χ3v) is 11.2. The van der Waals surface area contributed by atoms with Crippen LogP contribution in [0.3, 0.4) is 0 Å². The van der Waals surface area contributed by atoms with Crippen LogP contribution < -0.4 is 4.90 Å². The quantitative estimate of drug-likeness (QED) is 0.172. The lowest BCUT2D eigenvalue weighted by Gasteiger charge is -2.32. The standard InChI is InChI=1S/C49H32BrN/c50-37-14-10-13-36(31-37)35-23-27-39(28-24-35)51(38-25-21-34(22-26-38)33-11-2-1-3-12-33)40-29-30-44-43-17-6-9-20-47(43)49(48(44)32-40)45-18-7-4-15-41(45)42-16-5-8-19-46(42)49/h1-32H. The molecule has 2 heteroatoms. The summed E-state index contributed by atoms with van der Waals surface area (Å²) in [6.07, 6.45) is 0. The molecule has 0 saturated carbocycles. The number of hydrogen-bond acceptors (Lipinski definition) is 1. The van der Waals surface area contributed by atoms with E-state index in [2.05, 4.69) is 215 Å². The van der Waals surface area contributed by atoms with E-state index in [4.69, 9.17) is 0 Å². The highest BCUT2D eigenvalue weighted by atomic mass is 79.9. The molecule has 0 aliphatic heterocycles. The molecule has 2 aliphatic carbocycles. The van der Waals surface area contributed by atoms with Gasteiger partial charge in [0.15, 0.2) is 0 Å². The van der Waals surface area contributed by atoms with E-state index in [9.17, 15) is 0 Å². The first-order valence-corrected chi connectivity index (χ1v) is 18.2. The smallest absolute Gasteiger partial charge is 0.0726 e. The maximum Gasteiger partial charge on any atom is 0.0726 e. The highest BCUT2D eigenvalue weighted by molar-refractivity contribution is 9.10. The minimum atomic E-state index is -0.400. The number of rotatable bonds is 5. The second-order valence-corrected chi connectivity index (χ2v) is 14.3. The van der Waals surface area contributed by atoms with Gasteiger partial charge < -0.3 is 4.90 Å². The van der Waals surface area contributed by atoms with Crippen molar-refractivity contribution in [1.29, 1.82) is 0 Å². The van der Waals surface area contributed by atoms with E-state index in [-0.39, 0.29) is 0 Å². The maximum absolute atomic E-state index is 3.65. The van der Waals surface area contributed by atoms with Gasteiger partial charge in [0, 0.05) is 21.5 Å². The van der Waals surface area contributed by atoms with Crippen LogP contribution in [0.25, 0.3) is 44.5 Å². The molecule has 2 aliphatic rings. The van der Waals surface area contributed by atoms with E-state index in [1.807, 2.05) is 0 Å². The number of halogens is 1. The fourth-order valence-electron chi connectivity index (χ4n) is 8.57. The zero-order valence-corrected chi connectivity index (χ0v) is 29.4. The third-order valence-electron chi connectivity index (χ3n) is 10.8. The largest absolute Gasteiger partial charge is 0.310 e. The molecular formula is C49H32BrN. The van der Waals surface area contributed by atoms with Crippen molar-refractivity contribution in [3.63, 3.8) is 0 Å². The Morgan fingerprint density at radius 1 is 0.314 bits per heavy atom. The van der Waals surface area contributed by atoms with Crippen LogP contribution in [0.1, 0.15) is 22.3 Å². The summed E-state index contributed by atoms with van der Waals surface area (Å²) in [7, 11) is 0. The van der Waals surface area contributed by atoms with Crippen LogP contribution in [-0.4, -0.2) is 0 Å². The first-order chi connectivity index (χ1) is 25.2. The molecular weight excluding hydrogens is 682 g/mol. The molecule has 0 saturated heterocycles. The minimum absolute atomic E-state index is 0.400. The first-order valence-electron chi connectivity index (χ1n) is 17.5. The van der Waals surface area contributed by atoms with Gasteiger partial charge in [-0.1, -0.05) is 162 Å². The van der Waals surface area contributed by atoms with Crippen molar-refractivity contribution in [1.82, 2.24) is 0 Å². The van der Waals surface area contributed by atoms with Crippen molar-refractivity contribution in [2.24, 2.45) is 0 Å². The second kappa shape index (κ2) is 11.8. The predicted molar refractivity (Wildman–Crippen MR) is 216 cm³/mol. The number of anilines is 3. The highest BCUT2D eigenvalue weighted by Crippen LogP contribution is 2.63. The lowest BCUT2D eigenvalue weighted by molar-refractivity contribution is 0.793. The van der Waals surface area contributed by atoms with E-state index in [1.165, 1.54) is 66.8 Å². The van der Waals surface area contributed by atoms with E-state index in [1.54, 1.807) is 0 Å². The Hall–Kier alpha value is -5.96. The fourth-order valence-corrected chi connectivity index (χ4v) is 8.97. The van der Waals surface area contributed by atoms with Crippen LogP contribution in [0.4, 0.5) is 17.1 Å². The van der Waals surface area contributed by atoms with Gasteiger partial charge in [0.25, 0.3) is 0 Å². The first kappa shape index (κ1) is 29.9. The van der Waals surface area contributed by atoms with Gasteiger partial charge in [-0.3, -0.25) is 0 Å². The predicted octanol–water partition coefficient (Wildman–Crippen LogP) is 13.6. The number of fused-ring (bicyclic) bond motifs is 10. The Morgan fingerprint density at radius 3 is 1.29 bits per heavy atom. The van der Waals surface area contributed by atoms with Crippen molar-refractivity contribution in [2.45, 2.75) is 5.41 Å². The summed E-state index contributed by atoms with van der Waals surface area (Å²) in [4.78, 5) is 2.41. The van der Waals surface area contributed by atoms with Gasteiger partial charge in [0.1, 0.15) is 0 Å². The Balaban J connectivity index is 1.18. The Labute approximate surface area is 307 Å². The molecule has 8 aromatic rings. The van der Waals surface area contributed by atoms with Gasteiger partial charge in [-0.15, -0.1) is 0 Å². The van der Waals surface area contributed by atoms with Crippen LogP contribution in [0.2, 0.25) is 0 Å². The van der Waals surface area contributed by atoms with Crippen LogP contribution >= 0.6 is 15.9 Å². The lowest BCUT2D eigenvalue weighted by atomic mass is 9.70. The number of nitrogens with zero attached hydrogens (tertiary/aromatic N) is 1. The van der Waals surface area contributed by atoms with E-state index >= 15 is 0 Å². The molecule has 0 N–H and O–H groups in total. The summed E-state index contributed by atoms with van der Waals surface area (Å²) < 4.78 is 1.08. The van der Waals surface area contributed by atoms with Gasteiger partial charge in [0.05, 0.1) is 5.41 Å². The Bertz CT molecular complexity index is 2520. The van der Waals surface area contributed by atoms with E-state index in [0.29, 0.717) is 0 Å². The molecule has 1 spiro atoms. The molecule has 1 nitrogen and oxygen atoms in total. The van der Waals surface area contributed by atoms with Crippen LogP contribution in [-0.2, 0) is 5.41 Å². The summed E-state index contributed by atoms with van der Waals surface area (Å²) in [5, 5.41) is 0. The zero-order valence-electron chi connectivity index (χ0n) is 27.8. The summed E-state index contributed by atoms with van der Waals surface area (Å²) in [6.45, 7) is 0. The maximum atomic E-state index is 3.65. The molecule has 0 amide bonds. The highest BCUT2D eigenvalue weighted by Gasteiger charge is 2.51. The van der Waals surface area contributed by atoms with Crippen LogP contribution in [0.5, 0.6) is 0 Å². The number of benzene rings is 8. The van der Waals surface area contributed by atoms with Gasteiger partial charge in [-0.05, 0) is 115 Å². The molecule has 0 radical (unpaired) electrons. The number of hydrogen-bond donors (Lipinski definition) is 0. The zero-order chi connectivity index (χ0) is 33.9. The Morgan fingerprint density at radius 2 is 0.745 bits per heavy atom. The van der Waals surface area contributed by atoms with Crippen molar-refractivity contribution >= 4 is 33.0 Å². The molecule has 51 heavy (non-hydrogen) atoms. The summed E-state index contributed by atoms with van der Waals surface area (Å²) in [5.41, 5.74) is 18.4. The molecule has 0 heterocycles. The molecule has 10 rings (SSSR count). The molecule has 0 bridgehead atoms. The second-order valence-electron chi connectivity index (χ2n) is 13.4. The molecule has 0 atom stereocenters. The van der Waals surface area contributed by atoms with Crippen molar-refractivity contribution in [2.75, 3.05) is 4.90 Å². The minimum Gasteiger partial charge on any atom is -0.310 e. The van der Waals surface area contributed by atoms with Gasteiger partial charge in [-0.2, -0.15) is 0 Å². The lowest BCUT2D eigenvalue weighted by Crippen LogP contribution is -2.26. The van der Waals surface area contributed by atoms with Gasteiger partial charge >= 0.3 is 0 Å². The van der Waals surface area contributed by atoms with Crippen molar-refractivity contribution < 1.29 is 0 Å². The van der Waals surface area contributed by atoms with E-state index in [0.717, 1.165) is 21.5 Å². The topological polar surface area (TPSA) is 3.24 Å². The van der Waals surface area contributed by atoms with E-state index < -0.39 is 5.41 Å². The van der Waals surface area contributed by atoms with Crippen LogP contribution in [0.15, 0.2) is 199 Å². The average Bonchev–Trinajstić information content (AvgIpc) is 3.66. The van der Waals surface area contributed by atoms with Crippen LogP contribution in [0, 0.1) is 0 Å².